The Balaban J connectivity index is 1.36. The Labute approximate surface area is 173 Å². The van der Waals surface area contributed by atoms with Crippen molar-refractivity contribution in [2.75, 3.05) is 32.7 Å². The van der Waals surface area contributed by atoms with Crippen LogP contribution in [0.4, 0.5) is 0 Å². The summed E-state index contributed by atoms with van der Waals surface area (Å²) in [4.78, 5) is 40.2. The highest BCUT2D eigenvalue weighted by Crippen LogP contribution is 2.27. The molecule has 3 aliphatic heterocycles. The van der Waals surface area contributed by atoms with Crippen molar-refractivity contribution in [2.45, 2.75) is 70.9 Å². The second-order valence-electron chi connectivity index (χ2n) is 8.74. The molecule has 0 saturated carbocycles. The topological polar surface area (TPSA) is 69.6 Å². The number of piperidine rings is 1. The number of carbonyl (C=O) groups is 2. The molecule has 2 fully saturated rings. The van der Waals surface area contributed by atoms with E-state index < -0.39 is 0 Å². The standard InChI is InChI=1S/C22H33N5O2/c1-3-19-6-4-5-9-26(19)15-21(29)27-10-7-17(13-27)22-23-12-18-14-25(16(2)28)11-8-20(18)24-22/h12,17,19H,3-11,13-15H2,1-2H3/t17-,19-/m0/s1. The lowest BCUT2D eigenvalue weighted by atomic mass is 10.00. The smallest absolute Gasteiger partial charge is 0.236 e. The zero-order valence-electron chi connectivity index (χ0n) is 17.8. The zero-order chi connectivity index (χ0) is 20.4. The highest BCUT2D eigenvalue weighted by Gasteiger charge is 2.32. The SMILES string of the molecule is CC[C@H]1CCCCN1CC(=O)N1CC[C@H](c2ncc3c(n2)CCN(C(C)=O)C3)C1. The highest BCUT2D eigenvalue weighted by atomic mass is 16.2. The minimum absolute atomic E-state index is 0.101. The van der Waals surface area contributed by atoms with Gasteiger partial charge in [0.15, 0.2) is 0 Å². The van der Waals surface area contributed by atoms with Crippen molar-refractivity contribution in [2.24, 2.45) is 0 Å². The van der Waals surface area contributed by atoms with Gasteiger partial charge in [-0.05, 0) is 32.2 Å². The number of aromatic nitrogens is 2. The minimum atomic E-state index is 0.101. The lowest BCUT2D eigenvalue weighted by molar-refractivity contribution is -0.132. The maximum Gasteiger partial charge on any atom is 0.236 e. The maximum atomic E-state index is 12.9. The molecule has 1 aromatic heterocycles. The fourth-order valence-corrected chi connectivity index (χ4v) is 5.00. The Morgan fingerprint density at radius 1 is 1.14 bits per heavy atom. The first-order valence-electron chi connectivity index (χ1n) is 11.2. The first-order chi connectivity index (χ1) is 14.0. The lowest BCUT2D eigenvalue weighted by Gasteiger charge is -2.35. The first kappa shape index (κ1) is 20.3. The molecule has 0 bridgehead atoms. The summed E-state index contributed by atoms with van der Waals surface area (Å²) in [5.74, 6) is 1.43. The van der Waals surface area contributed by atoms with E-state index in [-0.39, 0.29) is 17.7 Å². The molecule has 0 aliphatic carbocycles. The van der Waals surface area contributed by atoms with E-state index >= 15 is 0 Å². The van der Waals surface area contributed by atoms with E-state index in [0.29, 0.717) is 19.1 Å². The molecule has 1 aromatic rings. The van der Waals surface area contributed by atoms with Crippen molar-refractivity contribution in [3.8, 4) is 0 Å². The predicted octanol–water partition coefficient (Wildman–Crippen LogP) is 1.96. The van der Waals surface area contributed by atoms with Crippen LogP contribution in [-0.4, -0.2) is 75.2 Å². The average molecular weight is 400 g/mol. The molecule has 2 atom stereocenters. The van der Waals surface area contributed by atoms with Crippen LogP contribution in [0.15, 0.2) is 6.20 Å². The normalized spacial score (nSPS) is 25.2. The fraction of sp³-hybridized carbons (Fsp3) is 0.727. The summed E-state index contributed by atoms with van der Waals surface area (Å²) in [6.07, 6.45) is 8.44. The Morgan fingerprint density at radius 3 is 2.79 bits per heavy atom. The molecule has 7 heteroatoms. The molecule has 4 heterocycles. The van der Waals surface area contributed by atoms with E-state index in [9.17, 15) is 9.59 Å². The first-order valence-corrected chi connectivity index (χ1v) is 11.2. The van der Waals surface area contributed by atoms with Gasteiger partial charge < -0.3 is 9.80 Å². The molecule has 29 heavy (non-hydrogen) atoms. The van der Waals surface area contributed by atoms with Gasteiger partial charge in [-0.3, -0.25) is 14.5 Å². The van der Waals surface area contributed by atoms with Crippen LogP contribution in [0.1, 0.15) is 69.0 Å². The van der Waals surface area contributed by atoms with E-state index in [0.717, 1.165) is 62.5 Å². The number of likely N-dealkylation sites (tertiary alicyclic amines) is 2. The molecule has 0 radical (unpaired) electrons. The summed E-state index contributed by atoms with van der Waals surface area (Å²) < 4.78 is 0. The number of fused-ring (bicyclic) bond motifs is 1. The predicted molar refractivity (Wildman–Crippen MR) is 110 cm³/mol. The van der Waals surface area contributed by atoms with Crippen molar-refractivity contribution in [3.63, 3.8) is 0 Å². The Kier molecular flexibility index (Phi) is 6.13. The summed E-state index contributed by atoms with van der Waals surface area (Å²) in [6.45, 7) is 8.29. The van der Waals surface area contributed by atoms with E-state index in [4.69, 9.17) is 4.98 Å². The summed E-state index contributed by atoms with van der Waals surface area (Å²) in [6, 6.07) is 0.560. The van der Waals surface area contributed by atoms with Gasteiger partial charge in [-0.2, -0.15) is 0 Å². The van der Waals surface area contributed by atoms with Gasteiger partial charge in [0.25, 0.3) is 0 Å². The number of hydrogen-bond acceptors (Lipinski definition) is 5. The fourth-order valence-electron chi connectivity index (χ4n) is 5.00. The summed E-state index contributed by atoms with van der Waals surface area (Å²) in [7, 11) is 0. The van der Waals surface area contributed by atoms with Crippen molar-refractivity contribution < 1.29 is 9.59 Å². The van der Waals surface area contributed by atoms with Crippen LogP contribution in [0, 0.1) is 0 Å². The van der Waals surface area contributed by atoms with E-state index in [1.54, 1.807) is 6.92 Å². The van der Waals surface area contributed by atoms with Crippen LogP contribution in [0.3, 0.4) is 0 Å². The molecule has 2 saturated heterocycles. The monoisotopic (exact) mass is 399 g/mol. The number of hydrogen-bond donors (Lipinski definition) is 0. The van der Waals surface area contributed by atoms with Crippen LogP contribution in [0.5, 0.6) is 0 Å². The molecule has 7 nitrogen and oxygen atoms in total. The second-order valence-corrected chi connectivity index (χ2v) is 8.74. The van der Waals surface area contributed by atoms with Gasteiger partial charge in [0, 0.05) is 63.2 Å². The molecular weight excluding hydrogens is 366 g/mol. The van der Waals surface area contributed by atoms with Crippen molar-refractivity contribution in [3.05, 3.63) is 23.3 Å². The third kappa shape index (κ3) is 4.44. The van der Waals surface area contributed by atoms with E-state index in [1.807, 2.05) is 16.0 Å². The molecule has 158 valence electrons. The number of carbonyl (C=O) groups excluding carboxylic acids is 2. The number of rotatable bonds is 4. The van der Waals surface area contributed by atoms with Gasteiger partial charge in [-0.25, -0.2) is 9.97 Å². The van der Waals surface area contributed by atoms with Crippen LogP contribution >= 0.6 is 0 Å². The molecule has 4 rings (SSSR count). The summed E-state index contributed by atoms with van der Waals surface area (Å²) >= 11 is 0. The quantitative estimate of drug-likeness (QED) is 0.774. The van der Waals surface area contributed by atoms with Gasteiger partial charge in [-0.1, -0.05) is 13.3 Å². The Morgan fingerprint density at radius 2 is 2.00 bits per heavy atom. The Bertz CT molecular complexity index is 768. The van der Waals surface area contributed by atoms with Gasteiger partial charge in [0.2, 0.25) is 11.8 Å². The highest BCUT2D eigenvalue weighted by molar-refractivity contribution is 5.78. The molecule has 3 aliphatic rings. The number of nitrogens with zero attached hydrogens (tertiary/aromatic N) is 5. The van der Waals surface area contributed by atoms with Gasteiger partial charge in [0.05, 0.1) is 12.2 Å². The molecular formula is C22H33N5O2. The van der Waals surface area contributed by atoms with Gasteiger partial charge in [-0.15, -0.1) is 0 Å². The average Bonchev–Trinajstić information content (AvgIpc) is 3.24. The van der Waals surface area contributed by atoms with Gasteiger partial charge >= 0.3 is 0 Å². The molecule has 0 aromatic carbocycles. The molecule has 0 spiro atoms. The third-order valence-corrected chi connectivity index (χ3v) is 6.86. The molecule has 0 unspecified atom stereocenters. The lowest BCUT2D eigenvalue weighted by Crippen LogP contribution is -2.46. The van der Waals surface area contributed by atoms with Crippen LogP contribution in [0.25, 0.3) is 0 Å². The third-order valence-electron chi connectivity index (χ3n) is 6.86. The number of amides is 2. The van der Waals surface area contributed by atoms with Crippen molar-refractivity contribution in [1.82, 2.24) is 24.7 Å². The van der Waals surface area contributed by atoms with Crippen LogP contribution in [-0.2, 0) is 22.6 Å². The van der Waals surface area contributed by atoms with Crippen LogP contribution in [0.2, 0.25) is 0 Å². The Hall–Kier alpha value is -2.02. The molecule has 0 N–H and O–H groups in total. The summed E-state index contributed by atoms with van der Waals surface area (Å²) in [5, 5.41) is 0. The zero-order valence-corrected chi connectivity index (χ0v) is 17.8. The van der Waals surface area contributed by atoms with E-state index in [1.165, 1.54) is 19.3 Å². The maximum absolute atomic E-state index is 12.9. The largest absolute Gasteiger partial charge is 0.341 e. The van der Waals surface area contributed by atoms with Crippen molar-refractivity contribution >= 4 is 11.8 Å². The second kappa shape index (κ2) is 8.78. The van der Waals surface area contributed by atoms with Crippen molar-refractivity contribution in [1.29, 1.82) is 0 Å². The van der Waals surface area contributed by atoms with E-state index in [2.05, 4.69) is 16.8 Å². The summed E-state index contributed by atoms with van der Waals surface area (Å²) in [5.41, 5.74) is 2.12. The molecule has 2 amide bonds. The minimum Gasteiger partial charge on any atom is -0.341 e. The van der Waals surface area contributed by atoms with Gasteiger partial charge in [0.1, 0.15) is 5.82 Å². The van der Waals surface area contributed by atoms with Crippen LogP contribution < -0.4 is 0 Å².